The van der Waals surface area contributed by atoms with Crippen LogP contribution in [-0.4, -0.2) is 27.8 Å². The Balaban J connectivity index is 2.02. The van der Waals surface area contributed by atoms with E-state index in [1.54, 1.807) is 0 Å². The summed E-state index contributed by atoms with van der Waals surface area (Å²) in [5.74, 6) is -1.26. The van der Waals surface area contributed by atoms with Crippen LogP contribution in [0.3, 0.4) is 0 Å². The molecule has 1 atom stereocenters. The minimum absolute atomic E-state index is 0.295. The van der Waals surface area contributed by atoms with Gasteiger partial charge in [0.05, 0.1) is 5.69 Å². The number of para-hydroxylation sites is 1. The smallest absolute Gasteiger partial charge is 0.359 e. The molecule has 3 rings (SSSR count). The maximum atomic E-state index is 12.5. The van der Waals surface area contributed by atoms with Crippen LogP contribution in [-0.2, 0) is 22.4 Å². The Morgan fingerprint density at radius 1 is 1.17 bits per heavy atom. The fourth-order valence-electron chi connectivity index (χ4n) is 3.00. The van der Waals surface area contributed by atoms with Gasteiger partial charge in [-0.05, 0) is 44.7 Å². The quantitative estimate of drug-likeness (QED) is 0.688. The van der Waals surface area contributed by atoms with E-state index in [1.807, 2.05) is 35.0 Å². The number of aromatic nitrogens is 2. The average Bonchev–Trinajstić information content (AvgIpc) is 2.77. The van der Waals surface area contributed by atoms with Gasteiger partial charge in [0.2, 0.25) is 0 Å². The SMILES string of the molecule is CC(OC(=O)c1nn(-c2ccccc2)c2c1CCCCC2)C(N)=O. The molecule has 0 spiro atoms. The molecule has 0 saturated carbocycles. The van der Waals surface area contributed by atoms with Crippen LogP contribution in [0.2, 0.25) is 0 Å². The molecule has 0 saturated heterocycles. The Labute approximate surface area is 140 Å². The average molecular weight is 327 g/mol. The highest BCUT2D eigenvalue weighted by atomic mass is 16.5. The number of benzene rings is 1. The predicted molar refractivity (Wildman–Crippen MR) is 88.9 cm³/mol. The zero-order chi connectivity index (χ0) is 17.1. The van der Waals surface area contributed by atoms with Crippen molar-refractivity contribution in [3.8, 4) is 5.69 Å². The second-order valence-electron chi connectivity index (χ2n) is 6.03. The van der Waals surface area contributed by atoms with E-state index in [1.165, 1.54) is 6.92 Å². The molecule has 0 bridgehead atoms. The Kier molecular flexibility index (Phi) is 4.64. The number of hydrogen-bond donors (Lipinski definition) is 1. The van der Waals surface area contributed by atoms with Crippen molar-refractivity contribution in [2.45, 2.75) is 45.1 Å². The van der Waals surface area contributed by atoms with Crippen molar-refractivity contribution in [3.05, 3.63) is 47.3 Å². The Morgan fingerprint density at radius 3 is 2.58 bits per heavy atom. The van der Waals surface area contributed by atoms with E-state index in [2.05, 4.69) is 5.10 Å². The van der Waals surface area contributed by atoms with E-state index >= 15 is 0 Å². The van der Waals surface area contributed by atoms with Crippen molar-refractivity contribution in [2.24, 2.45) is 5.73 Å². The highest BCUT2D eigenvalue weighted by Gasteiger charge is 2.27. The van der Waals surface area contributed by atoms with E-state index in [9.17, 15) is 9.59 Å². The number of esters is 1. The number of primary amides is 1. The lowest BCUT2D eigenvalue weighted by molar-refractivity contribution is -0.125. The first-order valence-electron chi connectivity index (χ1n) is 8.24. The van der Waals surface area contributed by atoms with Crippen LogP contribution >= 0.6 is 0 Å². The number of carbonyl (C=O) groups is 2. The summed E-state index contributed by atoms with van der Waals surface area (Å²) in [6.07, 6.45) is 3.89. The zero-order valence-corrected chi connectivity index (χ0v) is 13.7. The molecule has 6 heteroatoms. The summed E-state index contributed by atoms with van der Waals surface area (Å²) in [6.45, 7) is 1.47. The highest BCUT2D eigenvalue weighted by Crippen LogP contribution is 2.27. The summed E-state index contributed by atoms with van der Waals surface area (Å²) in [4.78, 5) is 23.6. The van der Waals surface area contributed by atoms with Crippen LogP contribution < -0.4 is 5.73 Å². The van der Waals surface area contributed by atoms with Crippen molar-refractivity contribution in [3.63, 3.8) is 0 Å². The summed E-state index contributed by atoms with van der Waals surface area (Å²) in [5.41, 5.74) is 8.37. The summed E-state index contributed by atoms with van der Waals surface area (Å²) in [7, 11) is 0. The van der Waals surface area contributed by atoms with Gasteiger partial charge in [0.25, 0.3) is 5.91 Å². The summed E-state index contributed by atoms with van der Waals surface area (Å²) in [5, 5.41) is 4.51. The van der Waals surface area contributed by atoms with Gasteiger partial charge < -0.3 is 10.5 Å². The lowest BCUT2D eigenvalue weighted by Crippen LogP contribution is -2.30. The van der Waals surface area contributed by atoms with E-state index < -0.39 is 18.0 Å². The van der Waals surface area contributed by atoms with Gasteiger partial charge >= 0.3 is 5.97 Å². The third-order valence-corrected chi connectivity index (χ3v) is 4.31. The van der Waals surface area contributed by atoms with Gasteiger partial charge in [-0.2, -0.15) is 5.10 Å². The molecule has 0 fully saturated rings. The molecule has 0 aliphatic heterocycles. The maximum absolute atomic E-state index is 12.5. The topological polar surface area (TPSA) is 87.2 Å². The summed E-state index contributed by atoms with van der Waals surface area (Å²) in [6, 6.07) is 9.73. The molecule has 2 aromatic rings. The van der Waals surface area contributed by atoms with Gasteiger partial charge in [-0.25, -0.2) is 9.48 Å². The molecular weight excluding hydrogens is 306 g/mol. The number of ether oxygens (including phenoxy) is 1. The van der Waals surface area contributed by atoms with Crippen LogP contribution in [0.15, 0.2) is 30.3 Å². The Bertz CT molecular complexity index is 752. The molecule has 1 aliphatic carbocycles. The van der Waals surface area contributed by atoms with Crippen LogP contribution in [0, 0.1) is 0 Å². The van der Waals surface area contributed by atoms with Crippen LogP contribution in [0.4, 0.5) is 0 Å². The van der Waals surface area contributed by atoms with Gasteiger partial charge in [0, 0.05) is 11.3 Å². The van der Waals surface area contributed by atoms with E-state index in [0.717, 1.165) is 49.0 Å². The monoisotopic (exact) mass is 327 g/mol. The normalized spacial score (nSPS) is 15.2. The lowest BCUT2D eigenvalue weighted by Gasteiger charge is -2.08. The number of rotatable bonds is 4. The first-order chi connectivity index (χ1) is 11.6. The van der Waals surface area contributed by atoms with Crippen LogP contribution in [0.1, 0.15) is 47.9 Å². The highest BCUT2D eigenvalue weighted by molar-refractivity contribution is 5.92. The van der Waals surface area contributed by atoms with Gasteiger partial charge in [-0.1, -0.05) is 24.6 Å². The molecule has 1 aromatic heterocycles. The van der Waals surface area contributed by atoms with Crippen molar-refractivity contribution in [2.75, 3.05) is 0 Å². The predicted octanol–water partition coefficient (Wildman–Crippen LogP) is 2.17. The maximum Gasteiger partial charge on any atom is 0.359 e. The molecule has 6 nitrogen and oxygen atoms in total. The zero-order valence-electron chi connectivity index (χ0n) is 13.7. The molecule has 1 amide bonds. The van der Waals surface area contributed by atoms with Crippen LogP contribution in [0.25, 0.3) is 5.69 Å². The molecule has 0 radical (unpaired) electrons. The lowest BCUT2D eigenvalue weighted by atomic mass is 10.1. The Hall–Kier alpha value is -2.63. The molecule has 24 heavy (non-hydrogen) atoms. The first kappa shape index (κ1) is 16.2. The summed E-state index contributed by atoms with van der Waals surface area (Å²) < 4.78 is 6.99. The van der Waals surface area contributed by atoms with Crippen LogP contribution in [0.5, 0.6) is 0 Å². The van der Waals surface area contributed by atoms with Crippen molar-refractivity contribution in [1.29, 1.82) is 0 Å². The van der Waals surface area contributed by atoms with Crippen molar-refractivity contribution < 1.29 is 14.3 Å². The number of carbonyl (C=O) groups excluding carboxylic acids is 2. The summed E-state index contributed by atoms with van der Waals surface area (Å²) >= 11 is 0. The van der Waals surface area contributed by atoms with Crippen molar-refractivity contribution >= 4 is 11.9 Å². The number of fused-ring (bicyclic) bond motifs is 1. The van der Waals surface area contributed by atoms with E-state index in [4.69, 9.17) is 10.5 Å². The molecule has 1 aromatic carbocycles. The fraction of sp³-hybridized carbons (Fsp3) is 0.389. The Morgan fingerprint density at radius 2 is 1.88 bits per heavy atom. The molecule has 1 heterocycles. The number of nitrogens with zero attached hydrogens (tertiary/aromatic N) is 2. The molecular formula is C18H21N3O3. The van der Waals surface area contributed by atoms with E-state index in [-0.39, 0.29) is 0 Å². The third kappa shape index (κ3) is 3.18. The molecule has 2 N–H and O–H groups in total. The van der Waals surface area contributed by atoms with Gasteiger partial charge in [0.1, 0.15) is 0 Å². The standard InChI is InChI=1S/C18H21N3O3/c1-12(17(19)22)24-18(23)16-14-10-6-3-7-11-15(14)21(20-16)13-8-4-2-5-9-13/h2,4-5,8-9,12H,3,6-7,10-11H2,1H3,(H2,19,22). The van der Waals surface area contributed by atoms with Gasteiger partial charge in [-0.15, -0.1) is 0 Å². The second kappa shape index (κ2) is 6.86. The molecule has 126 valence electrons. The fourth-order valence-corrected chi connectivity index (χ4v) is 3.00. The largest absolute Gasteiger partial charge is 0.448 e. The molecule has 1 unspecified atom stereocenters. The first-order valence-corrected chi connectivity index (χ1v) is 8.24. The van der Waals surface area contributed by atoms with Gasteiger partial charge in [-0.3, -0.25) is 4.79 Å². The number of nitrogens with two attached hydrogens (primary N) is 1. The minimum Gasteiger partial charge on any atom is -0.448 e. The molecule has 1 aliphatic rings. The second-order valence-corrected chi connectivity index (χ2v) is 6.03. The van der Waals surface area contributed by atoms with Crippen molar-refractivity contribution in [1.82, 2.24) is 9.78 Å². The van der Waals surface area contributed by atoms with E-state index in [0.29, 0.717) is 5.69 Å². The minimum atomic E-state index is -0.971. The van der Waals surface area contributed by atoms with Gasteiger partial charge in [0.15, 0.2) is 11.8 Å². The number of amides is 1. The third-order valence-electron chi connectivity index (χ3n) is 4.31. The number of hydrogen-bond acceptors (Lipinski definition) is 4.